The van der Waals surface area contributed by atoms with Crippen LogP contribution in [-0.4, -0.2) is 58.1 Å². The Morgan fingerprint density at radius 3 is 1.73 bits per heavy atom. The number of phenolic OH excluding ortho intramolecular Hbond substituents is 9. The van der Waals surface area contributed by atoms with E-state index in [4.69, 9.17) is 18.9 Å². The summed E-state index contributed by atoms with van der Waals surface area (Å²) in [5, 5.41) is 88.7. The van der Waals surface area contributed by atoms with E-state index in [0.29, 0.717) is 5.56 Å². The lowest BCUT2D eigenvalue weighted by molar-refractivity contribution is 0.0732. The molecule has 0 spiro atoms. The lowest BCUT2D eigenvalue weighted by Crippen LogP contribution is -2.17. The fraction of sp³-hybridized carbons (Fsp3) is 0.103. The van der Waals surface area contributed by atoms with E-state index >= 15 is 0 Å². The Morgan fingerprint density at radius 2 is 1.14 bits per heavy atom. The van der Waals surface area contributed by atoms with Crippen molar-refractivity contribution in [3.8, 4) is 74.7 Å². The lowest BCUT2D eigenvalue weighted by atomic mass is 9.96. The molecular weight excluding hydrogens is 588 g/mol. The molecular formula is C29H22O15. The van der Waals surface area contributed by atoms with E-state index in [1.54, 1.807) is 0 Å². The molecule has 4 aromatic rings. The third kappa shape index (κ3) is 5.69. The number of phenols is 9. The molecule has 0 amide bonds. The molecule has 9 N–H and O–H groups in total. The number of benzene rings is 4. The first kappa shape index (κ1) is 29.1. The highest BCUT2D eigenvalue weighted by Crippen LogP contribution is 2.46. The number of esters is 1. The highest BCUT2D eigenvalue weighted by molar-refractivity contribution is 5.92. The Kier molecular flexibility index (Phi) is 7.36. The van der Waals surface area contributed by atoms with Crippen LogP contribution in [-0.2, 0) is 6.42 Å². The molecule has 15 heteroatoms. The summed E-state index contributed by atoms with van der Waals surface area (Å²) in [6, 6.07) is 8.10. The SMILES string of the molecule is O=C(Oc1cc(O)c(O)c(O)c1)Oc1c(O)cc(C2CCc3c(O)cc(OC(=O)c4cc(O)c(O)c(O)c4)cc3O2)cc1O. The van der Waals surface area contributed by atoms with Crippen LogP contribution in [0.3, 0.4) is 0 Å². The van der Waals surface area contributed by atoms with Crippen LogP contribution in [0.1, 0.15) is 34.0 Å². The molecule has 0 saturated carbocycles. The van der Waals surface area contributed by atoms with Crippen molar-refractivity contribution in [2.75, 3.05) is 0 Å². The summed E-state index contributed by atoms with van der Waals surface area (Å²) in [7, 11) is 0. The molecule has 1 aliphatic rings. The molecule has 1 atom stereocenters. The van der Waals surface area contributed by atoms with Gasteiger partial charge >= 0.3 is 12.1 Å². The molecule has 44 heavy (non-hydrogen) atoms. The van der Waals surface area contributed by atoms with Crippen molar-refractivity contribution in [1.29, 1.82) is 0 Å². The fourth-order valence-corrected chi connectivity index (χ4v) is 4.38. The standard InChI is InChI=1S/C29H22O15/c30-16-7-14(41-28(39)12-5-17(31)25(37)18(32)6-12)10-24-15(16)1-2-23(43-24)11-3-21(35)27(22(36)4-11)44-29(40)42-13-8-19(33)26(38)20(34)9-13/h3-10,23,30-38H,1-2H2. The van der Waals surface area contributed by atoms with Crippen molar-refractivity contribution in [1.82, 2.24) is 0 Å². The molecule has 4 aromatic carbocycles. The molecule has 0 radical (unpaired) electrons. The third-order valence-corrected chi connectivity index (χ3v) is 6.47. The van der Waals surface area contributed by atoms with E-state index in [-0.39, 0.29) is 41.2 Å². The first-order chi connectivity index (χ1) is 20.8. The zero-order valence-corrected chi connectivity index (χ0v) is 22.1. The van der Waals surface area contributed by atoms with Crippen molar-refractivity contribution < 1.29 is 74.5 Å². The molecule has 1 aliphatic heterocycles. The summed E-state index contributed by atoms with van der Waals surface area (Å²) in [4.78, 5) is 24.7. The van der Waals surface area contributed by atoms with Crippen molar-refractivity contribution in [3.63, 3.8) is 0 Å². The van der Waals surface area contributed by atoms with Crippen LogP contribution in [0.5, 0.6) is 74.7 Å². The van der Waals surface area contributed by atoms with E-state index in [1.807, 2.05) is 0 Å². The van der Waals surface area contributed by atoms with E-state index in [0.717, 1.165) is 42.5 Å². The van der Waals surface area contributed by atoms with E-state index in [1.165, 1.54) is 6.07 Å². The van der Waals surface area contributed by atoms with Crippen LogP contribution < -0.4 is 18.9 Å². The summed E-state index contributed by atoms with van der Waals surface area (Å²) in [6.07, 6.45) is -1.75. The smallest absolute Gasteiger partial charge is 0.507 e. The van der Waals surface area contributed by atoms with Gasteiger partial charge in [-0.3, -0.25) is 0 Å². The second-order valence-corrected chi connectivity index (χ2v) is 9.47. The van der Waals surface area contributed by atoms with Crippen molar-refractivity contribution >= 4 is 12.1 Å². The van der Waals surface area contributed by atoms with E-state index < -0.39 is 75.7 Å². The molecule has 0 aliphatic carbocycles. The van der Waals surface area contributed by atoms with Gasteiger partial charge in [0.1, 0.15) is 29.1 Å². The van der Waals surface area contributed by atoms with Gasteiger partial charge < -0.3 is 64.9 Å². The van der Waals surface area contributed by atoms with E-state index in [2.05, 4.69) is 0 Å². The fourth-order valence-electron chi connectivity index (χ4n) is 4.38. The number of rotatable bonds is 5. The number of hydrogen-bond acceptors (Lipinski definition) is 15. The average Bonchev–Trinajstić information content (AvgIpc) is 2.95. The van der Waals surface area contributed by atoms with Gasteiger partial charge in [-0.15, -0.1) is 0 Å². The first-order valence-electron chi connectivity index (χ1n) is 12.5. The van der Waals surface area contributed by atoms with Gasteiger partial charge in [-0.2, -0.15) is 0 Å². The van der Waals surface area contributed by atoms with Crippen LogP contribution >= 0.6 is 0 Å². The molecule has 15 nitrogen and oxygen atoms in total. The van der Waals surface area contributed by atoms with Gasteiger partial charge in [-0.25, -0.2) is 9.59 Å². The minimum absolute atomic E-state index is 0.101. The molecule has 0 aromatic heterocycles. The summed E-state index contributed by atoms with van der Waals surface area (Å²) >= 11 is 0. The van der Waals surface area contributed by atoms with Crippen molar-refractivity contribution in [3.05, 3.63) is 65.2 Å². The minimum Gasteiger partial charge on any atom is -0.507 e. The van der Waals surface area contributed by atoms with Gasteiger partial charge in [0.15, 0.2) is 40.2 Å². The number of carbonyl (C=O) groups is 2. The normalized spacial score (nSPS) is 13.8. The largest absolute Gasteiger partial charge is 0.519 e. The van der Waals surface area contributed by atoms with Crippen LogP contribution in [0.4, 0.5) is 4.79 Å². The van der Waals surface area contributed by atoms with Crippen molar-refractivity contribution in [2.24, 2.45) is 0 Å². The number of aromatic hydroxyl groups is 9. The summed E-state index contributed by atoms with van der Waals surface area (Å²) in [5.74, 6) is -8.57. The third-order valence-electron chi connectivity index (χ3n) is 6.47. The monoisotopic (exact) mass is 610 g/mol. The predicted molar refractivity (Wildman–Crippen MR) is 144 cm³/mol. The van der Waals surface area contributed by atoms with Gasteiger partial charge in [-0.05, 0) is 42.7 Å². The zero-order chi connectivity index (χ0) is 31.9. The number of ether oxygens (including phenoxy) is 4. The number of fused-ring (bicyclic) bond motifs is 1. The highest BCUT2D eigenvalue weighted by Gasteiger charge is 2.28. The predicted octanol–water partition coefficient (Wildman–Crippen LogP) is 3.90. The molecule has 228 valence electrons. The zero-order valence-electron chi connectivity index (χ0n) is 22.1. The summed E-state index contributed by atoms with van der Waals surface area (Å²) in [5.41, 5.74) is 0.311. The Balaban J connectivity index is 1.31. The van der Waals surface area contributed by atoms with Crippen LogP contribution in [0.15, 0.2) is 48.5 Å². The van der Waals surface area contributed by atoms with Gasteiger partial charge in [0.25, 0.3) is 0 Å². The molecule has 0 bridgehead atoms. The van der Waals surface area contributed by atoms with E-state index in [9.17, 15) is 55.5 Å². The maximum atomic E-state index is 12.5. The highest BCUT2D eigenvalue weighted by atomic mass is 16.7. The van der Waals surface area contributed by atoms with Gasteiger partial charge in [-0.1, -0.05) is 0 Å². The van der Waals surface area contributed by atoms with Gasteiger partial charge in [0, 0.05) is 29.8 Å². The number of carbonyl (C=O) groups excluding carboxylic acids is 2. The molecule has 5 rings (SSSR count). The Labute approximate surface area is 245 Å². The second-order valence-electron chi connectivity index (χ2n) is 9.47. The van der Waals surface area contributed by atoms with Crippen LogP contribution in [0.25, 0.3) is 0 Å². The lowest BCUT2D eigenvalue weighted by Gasteiger charge is -2.27. The molecule has 0 saturated heterocycles. The first-order valence-corrected chi connectivity index (χ1v) is 12.5. The quantitative estimate of drug-likeness (QED) is 0.0672. The topological polar surface area (TPSA) is 253 Å². The maximum absolute atomic E-state index is 12.5. The summed E-state index contributed by atoms with van der Waals surface area (Å²) < 4.78 is 20.8. The second kappa shape index (κ2) is 11.1. The number of hydrogen-bond donors (Lipinski definition) is 9. The minimum atomic E-state index is -1.47. The Hall–Kier alpha value is -6.38. The Morgan fingerprint density at radius 1 is 0.614 bits per heavy atom. The van der Waals surface area contributed by atoms with Crippen molar-refractivity contribution in [2.45, 2.75) is 18.9 Å². The van der Waals surface area contributed by atoms with Gasteiger partial charge in [0.05, 0.1) is 5.56 Å². The van der Waals surface area contributed by atoms with Crippen LogP contribution in [0, 0.1) is 0 Å². The van der Waals surface area contributed by atoms with Crippen LogP contribution in [0.2, 0.25) is 0 Å². The average molecular weight is 610 g/mol. The summed E-state index contributed by atoms with van der Waals surface area (Å²) in [6.45, 7) is 0. The molecule has 1 heterocycles. The maximum Gasteiger partial charge on any atom is 0.519 e. The Bertz CT molecular complexity index is 1740. The van der Waals surface area contributed by atoms with Gasteiger partial charge in [0.2, 0.25) is 11.5 Å². The molecule has 1 unspecified atom stereocenters. The molecule has 0 fully saturated rings.